The summed E-state index contributed by atoms with van der Waals surface area (Å²) in [5.41, 5.74) is 3.46. The van der Waals surface area contributed by atoms with Crippen LogP contribution in [-0.2, 0) is 6.54 Å². The number of hydrogen-bond acceptors (Lipinski definition) is 5. The number of rotatable bonds is 5. The summed E-state index contributed by atoms with van der Waals surface area (Å²) in [6, 6.07) is 18.2. The molecule has 2 aromatic carbocycles. The summed E-state index contributed by atoms with van der Waals surface area (Å²) in [6.07, 6.45) is 3.25. The van der Waals surface area contributed by atoms with Gasteiger partial charge in [0.25, 0.3) is 5.91 Å². The van der Waals surface area contributed by atoms with E-state index in [1.165, 1.54) is 5.56 Å². The average Bonchev–Trinajstić information content (AvgIpc) is 2.77. The first-order chi connectivity index (χ1) is 14.2. The molecule has 0 saturated carbocycles. The number of carbonyl (C=O) groups excluding carboxylic acids is 1. The molecule has 3 aromatic rings. The Morgan fingerprint density at radius 1 is 0.931 bits per heavy atom. The van der Waals surface area contributed by atoms with Gasteiger partial charge in [0.2, 0.25) is 0 Å². The molecule has 0 bridgehead atoms. The van der Waals surface area contributed by atoms with E-state index in [0.29, 0.717) is 5.69 Å². The smallest absolute Gasteiger partial charge is 0.275 e. The highest BCUT2D eigenvalue weighted by atomic mass is 16.1. The first-order valence-corrected chi connectivity index (χ1v) is 9.89. The molecule has 6 nitrogen and oxygen atoms in total. The van der Waals surface area contributed by atoms with Gasteiger partial charge in [0.1, 0.15) is 11.5 Å². The SMILES string of the molecule is Cc1ccccc1NC(=O)c1cnc(N2CCN(Cc3ccccc3)CC2)cn1. The number of amides is 1. The van der Waals surface area contributed by atoms with Crippen molar-refractivity contribution in [3.8, 4) is 0 Å². The second-order valence-electron chi connectivity index (χ2n) is 7.28. The van der Waals surface area contributed by atoms with E-state index in [1.807, 2.05) is 37.3 Å². The number of nitrogens with zero attached hydrogens (tertiary/aromatic N) is 4. The van der Waals surface area contributed by atoms with Crippen molar-refractivity contribution in [3.05, 3.63) is 83.8 Å². The van der Waals surface area contributed by atoms with Crippen LogP contribution >= 0.6 is 0 Å². The summed E-state index contributed by atoms with van der Waals surface area (Å²) in [5, 5.41) is 2.89. The molecule has 0 aliphatic carbocycles. The monoisotopic (exact) mass is 387 g/mol. The fourth-order valence-corrected chi connectivity index (χ4v) is 3.48. The van der Waals surface area contributed by atoms with Gasteiger partial charge >= 0.3 is 0 Å². The summed E-state index contributed by atoms with van der Waals surface area (Å²) in [7, 11) is 0. The van der Waals surface area contributed by atoms with Crippen LogP contribution in [0.1, 0.15) is 21.6 Å². The maximum Gasteiger partial charge on any atom is 0.275 e. The molecule has 0 atom stereocenters. The maximum absolute atomic E-state index is 12.4. The number of nitrogens with one attached hydrogen (secondary N) is 1. The highest BCUT2D eigenvalue weighted by Gasteiger charge is 2.19. The van der Waals surface area contributed by atoms with Gasteiger partial charge in [-0.05, 0) is 24.1 Å². The third kappa shape index (κ3) is 4.78. The van der Waals surface area contributed by atoms with Crippen LogP contribution < -0.4 is 10.2 Å². The van der Waals surface area contributed by atoms with Gasteiger partial charge in [-0.1, -0.05) is 48.5 Å². The van der Waals surface area contributed by atoms with Crippen LogP contribution in [0, 0.1) is 6.92 Å². The first-order valence-electron chi connectivity index (χ1n) is 9.89. The third-order valence-electron chi connectivity index (χ3n) is 5.21. The highest BCUT2D eigenvalue weighted by Crippen LogP contribution is 2.16. The van der Waals surface area contributed by atoms with Crippen LogP contribution in [0.3, 0.4) is 0 Å². The Balaban J connectivity index is 1.33. The molecule has 4 rings (SSSR count). The van der Waals surface area contributed by atoms with Gasteiger partial charge in [-0.3, -0.25) is 9.69 Å². The zero-order valence-corrected chi connectivity index (χ0v) is 16.6. The molecule has 148 valence electrons. The van der Waals surface area contributed by atoms with E-state index in [0.717, 1.165) is 49.8 Å². The fourth-order valence-electron chi connectivity index (χ4n) is 3.48. The van der Waals surface area contributed by atoms with Gasteiger partial charge in [0.15, 0.2) is 0 Å². The normalized spacial score (nSPS) is 14.6. The van der Waals surface area contributed by atoms with E-state index in [-0.39, 0.29) is 5.91 Å². The summed E-state index contributed by atoms with van der Waals surface area (Å²) in [4.78, 5) is 25.9. The van der Waals surface area contributed by atoms with Crippen LogP contribution in [0.4, 0.5) is 11.5 Å². The molecule has 6 heteroatoms. The van der Waals surface area contributed by atoms with Crippen molar-refractivity contribution in [2.75, 3.05) is 36.4 Å². The molecule has 0 spiro atoms. The number of hydrogen-bond donors (Lipinski definition) is 1. The Morgan fingerprint density at radius 3 is 2.34 bits per heavy atom. The van der Waals surface area contributed by atoms with Gasteiger partial charge in [-0.2, -0.15) is 0 Å². The average molecular weight is 387 g/mol. The number of anilines is 2. The zero-order valence-electron chi connectivity index (χ0n) is 16.6. The highest BCUT2D eigenvalue weighted by molar-refractivity contribution is 6.03. The molecular weight excluding hydrogens is 362 g/mol. The molecule has 29 heavy (non-hydrogen) atoms. The van der Waals surface area contributed by atoms with Crippen LogP contribution in [0.25, 0.3) is 0 Å². The lowest BCUT2D eigenvalue weighted by Gasteiger charge is -2.35. The number of aryl methyl sites for hydroxylation is 1. The predicted octanol–water partition coefficient (Wildman–Crippen LogP) is 3.36. The standard InChI is InChI=1S/C23H25N5O/c1-18-7-5-6-10-20(18)26-23(29)21-15-25-22(16-24-21)28-13-11-27(12-14-28)17-19-8-3-2-4-9-19/h2-10,15-16H,11-14,17H2,1H3,(H,26,29). The molecule has 0 radical (unpaired) electrons. The second kappa shape index (κ2) is 8.84. The summed E-state index contributed by atoms with van der Waals surface area (Å²) in [5.74, 6) is 0.572. The topological polar surface area (TPSA) is 61.4 Å². The van der Waals surface area contributed by atoms with Crippen molar-refractivity contribution in [2.45, 2.75) is 13.5 Å². The summed E-state index contributed by atoms with van der Waals surface area (Å²) < 4.78 is 0. The molecule has 2 heterocycles. The molecule has 1 N–H and O–H groups in total. The molecule has 1 aromatic heterocycles. The van der Waals surface area contributed by atoms with Crippen molar-refractivity contribution in [3.63, 3.8) is 0 Å². The number of piperazine rings is 1. The molecular formula is C23H25N5O. The van der Waals surface area contributed by atoms with Crippen LogP contribution in [0.15, 0.2) is 67.0 Å². The zero-order chi connectivity index (χ0) is 20.1. The lowest BCUT2D eigenvalue weighted by Crippen LogP contribution is -2.46. The first kappa shape index (κ1) is 19.1. The molecule has 1 aliphatic heterocycles. The predicted molar refractivity (Wildman–Crippen MR) is 115 cm³/mol. The van der Waals surface area contributed by atoms with Crippen molar-refractivity contribution in [1.82, 2.24) is 14.9 Å². The van der Waals surface area contributed by atoms with Gasteiger partial charge in [0, 0.05) is 38.4 Å². The van der Waals surface area contributed by atoms with Gasteiger partial charge in [-0.15, -0.1) is 0 Å². The summed E-state index contributed by atoms with van der Waals surface area (Å²) in [6.45, 7) is 6.69. The Labute approximate surface area is 171 Å². The summed E-state index contributed by atoms with van der Waals surface area (Å²) >= 11 is 0. The van der Waals surface area contributed by atoms with E-state index in [1.54, 1.807) is 12.4 Å². The molecule has 1 saturated heterocycles. The van der Waals surface area contributed by atoms with Gasteiger partial charge in [0.05, 0.1) is 12.4 Å². The van der Waals surface area contributed by atoms with Crippen LogP contribution in [0.2, 0.25) is 0 Å². The minimum Gasteiger partial charge on any atom is -0.353 e. The fraction of sp³-hybridized carbons (Fsp3) is 0.261. The van der Waals surface area contributed by atoms with Crippen molar-refractivity contribution in [1.29, 1.82) is 0 Å². The minimum atomic E-state index is -0.244. The van der Waals surface area contributed by atoms with Crippen LogP contribution in [0.5, 0.6) is 0 Å². The van der Waals surface area contributed by atoms with E-state index < -0.39 is 0 Å². The number of benzene rings is 2. The van der Waals surface area contributed by atoms with Gasteiger partial charge in [-0.25, -0.2) is 9.97 Å². The van der Waals surface area contributed by atoms with E-state index >= 15 is 0 Å². The Bertz CT molecular complexity index is 951. The largest absolute Gasteiger partial charge is 0.353 e. The Hall–Kier alpha value is -3.25. The Morgan fingerprint density at radius 2 is 1.66 bits per heavy atom. The van der Waals surface area contributed by atoms with Crippen LogP contribution in [-0.4, -0.2) is 47.0 Å². The van der Waals surface area contributed by atoms with E-state index in [9.17, 15) is 4.79 Å². The number of para-hydroxylation sites is 1. The molecule has 1 amide bonds. The lowest BCUT2D eigenvalue weighted by atomic mass is 10.2. The molecule has 1 aliphatic rings. The van der Waals surface area contributed by atoms with E-state index in [2.05, 4.69) is 49.4 Å². The lowest BCUT2D eigenvalue weighted by molar-refractivity contribution is 0.102. The number of carbonyl (C=O) groups is 1. The second-order valence-corrected chi connectivity index (χ2v) is 7.28. The molecule has 1 fully saturated rings. The van der Waals surface area contributed by atoms with Crippen molar-refractivity contribution < 1.29 is 4.79 Å². The Kier molecular flexibility index (Phi) is 5.81. The van der Waals surface area contributed by atoms with E-state index in [4.69, 9.17) is 0 Å². The minimum absolute atomic E-state index is 0.244. The quantitative estimate of drug-likeness (QED) is 0.727. The van der Waals surface area contributed by atoms with Gasteiger partial charge < -0.3 is 10.2 Å². The molecule has 0 unspecified atom stereocenters. The maximum atomic E-state index is 12.4. The third-order valence-corrected chi connectivity index (χ3v) is 5.21. The number of aromatic nitrogens is 2. The van der Waals surface area contributed by atoms with Crippen molar-refractivity contribution in [2.24, 2.45) is 0 Å². The van der Waals surface area contributed by atoms with Crippen molar-refractivity contribution >= 4 is 17.4 Å².